The molecule has 4 heteroatoms. The second kappa shape index (κ2) is 10.3. The van der Waals surface area contributed by atoms with Gasteiger partial charge in [0.1, 0.15) is 11.5 Å². The monoisotopic (exact) mass is 381 g/mol. The van der Waals surface area contributed by atoms with Crippen molar-refractivity contribution in [2.45, 2.75) is 19.3 Å². The van der Waals surface area contributed by atoms with Crippen molar-refractivity contribution in [1.82, 2.24) is 4.90 Å². The van der Waals surface area contributed by atoms with Gasteiger partial charge in [0.05, 0.1) is 13.7 Å². The molecule has 0 amide bonds. The van der Waals surface area contributed by atoms with Gasteiger partial charge in [0.2, 0.25) is 0 Å². The van der Waals surface area contributed by atoms with Gasteiger partial charge in [-0.1, -0.05) is 48.6 Å². The summed E-state index contributed by atoms with van der Waals surface area (Å²) in [5.74, 6) is 1.80. The van der Waals surface area contributed by atoms with Gasteiger partial charge in [0.25, 0.3) is 0 Å². The largest absolute Gasteiger partial charge is 0.496 e. The van der Waals surface area contributed by atoms with Gasteiger partial charge < -0.3 is 14.6 Å². The van der Waals surface area contributed by atoms with Gasteiger partial charge >= 0.3 is 0 Å². The Hall–Kier alpha value is -2.30. The molecule has 0 radical (unpaired) electrons. The van der Waals surface area contributed by atoms with Crippen LogP contribution in [-0.2, 0) is 0 Å². The van der Waals surface area contributed by atoms with Crippen molar-refractivity contribution in [2.24, 2.45) is 5.41 Å². The number of piperidine rings is 1. The molecule has 1 aliphatic rings. The molecule has 1 heterocycles. The Morgan fingerprint density at radius 1 is 1.04 bits per heavy atom. The van der Waals surface area contributed by atoms with Crippen molar-refractivity contribution in [3.8, 4) is 11.5 Å². The molecule has 0 unspecified atom stereocenters. The normalized spacial score (nSPS) is 16.9. The standard InChI is InChI=1S/C24H31NO3/c1-27-23-12-6-5-8-21(23)9-7-16-25-17-13-24(20-26,14-18-25)15-19-28-22-10-3-2-4-11-22/h2-12,26H,13-20H2,1H3/b9-7+. The molecular weight excluding hydrogens is 350 g/mol. The van der Waals surface area contributed by atoms with Crippen LogP contribution in [0.2, 0.25) is 0 Å². The Bertz CT molecular complexity index is 737. The summed E-state index contributed by atoms with van der Waals surface area (Å²) in [5, 5.41) is 10.0. The Labute approximate surface area is 168 Å². The van der Waals surface area contributed by atoms with Crippen LogP contribution in [0.5, 0.6) is 11.5 Å². The van der Waals surface area contributed by atoms with Crippen molar-refractivity contribution in [3.05, 3.63) is 66.2 Å². The van der Waals surface area contributed by atoms with Crippen molar-refractivity contribution in [2.75, 3.05) is 40.0 Å². The van der Waals surface area contributed by atoms with E-state index in [0.29, 0.717) is 6.61 Å². The van der Waals surface area contributed by atoms with E-state index in [0.717, 1.165) is 56.0 Å². The highest BCUT2D eigenvalue weighted by molar-refractivity contribution is 5.57. The lowest BCUT2D eigenvalue weighted by molar-refractivity contribution is 0.0302. The quantitative estimate of drug-likeness (QED) is 0.705. The Morgan fingerprint density at radius 3 is 2.46 bits per heavy atom. The molecule has 4 nitrogen and oxygen atoms in total. The molecule has 0 saturated carbocycles. The molecule has 0 atom stereocenters. The van der Waals surface area contributed by atoms with Crippen molar-refractivity contribution >= 4 is 6.08 Å². The van der Waals surface area contributed by atoms with Gasteiger partial charge in [-0.05, 0) is 56.0 Å². The number of aliphatic hydroxyl groups excluding tert-OH is 1. The van der Waals surface area contributed by atoms with E-state index in [1.54, 1.807) is 7.11 Å². The second-order valence-electron chi connectivity index (χ2n) is 7.51. The number of para-hydroxylation sites is 2. The minimum atomic E-state index is -0.0162. The predicted molar refractivity (Wildman–Crippen MR) is 114 cm³/mol. The minimum absolute atomic E-state index is 0.0162. The van der Waals surface area contributed by atoms with Gasteiger partial charge in [-0.2, -0.15) is 0 Å². The first-order chi connectivity index (χ1) is 13.7. The Kier molecular flexibility index (Phi) is 7.52. The van der Waals surface area contributed by atoms with Crippen molar-refractivity contribution in [3.63, 3.8) is 0 Å². The predicted octanol–water partition coefficient (Wildman–Crippen LogP) is 4.25. The van der Waals surface area contributed by atoms with Gasteiger partial charge in [0, 0.05) is 18.7 Å². The third-order valence-corrected chi connectivity index (χ3v) is 5.70. The molecule has 0 aromatic heterocycles. The van der Waals surface area contributed by atoms with E-state index in [-0.39, 0.29) is 12.0 Å². The maximum Gasteiger partial charge on any atom is 0.126 e. The lowest BCUT2D eigenvalue weighted by Crippen LogP contribution is -2.42. The second-order valence-corrected chi connectivity index (χ2v) is 7.51. The van der Waals surface area contributed by atoms with Crippen LogP contribution in [0.1, 0.15) is 24.8 Å². The molecule has 1 aliphatic heterocycles. The topological polar surface area (TPSA) is 41.9 Å². The van der Waals surface area contributed by atoms with Crippen LogP contribution in [0.15, 0.2) is 60.7 Å². The van der Waals surface area contributed by atoms with E-state index in [4.69, 9.17) is 9.47 Å². The lowest BCUT2D eigenvalue weighted by Gasteiger charge is -2.40. The smallest absolute Gasteiger partial charge is 0.126 e. The number of hydrogen-bond acceptors (Lipinski definition) is 4. The fourth-order valence-electron chi connectivity index (χ4n) is 3.73. The molecule has 0 spiro atoms. The van der Waals surface area contributed by atoms with E-state index in [2.05, 4.69) is 23.1 Å². The summed E-state index contributed by atoms with van der Waals surface area (Å²) in [7, 11) is 1.70. The summed E-state index contributed by atoms with van der Waals surface area (Å²) in [6.07, 6.45) is 7.22. The zero-order valence-electron chi connectivity index (χ0n) is 16.7. The molecule has 0 bridgehead atoms. The summed E-state index contributed by atoms with van der Waals surface area (Å²) in [5.41, 5.74) is 1.09. The first-order valence-electron chi connectivity index (χ1n) is 10.1. The molecular formula is C24H31NO3. The van der Waals surface area contributed by atoms with Crippen LogP contribution >= 0.6 is 0 Å². The summed E-state index contributed by atoms with van der Waals surface area (Å²) in [4.78, 5) is 2.44. The number of ether oxygens (including phenoxy) is 2. The van der Waals surface area contributed by atoms with Crippen LogP contribution in [0.25, 0.3) is 6.08 Å². The lowest BCUT2D eigenvalue weighted by atomic mass is 9.76. The van der Waals surface area contributed by atoms with Crippen molar-refractivity contribution in [1.29, 1.82) is 0 Å². The van der Waals surface area contributed by atoms with E-state index >= 15 is 0 Å². The zero-order valence-corrected chi connectivity index (χ0v) is 16.7. The van der Waals surface area contributed by atoms with Crippen LogP contribution in [0.4, 0.5) is 0 Å². The zero-order chi connectivity index (χ0) is 19.7. The summed E-state index contributed by atoms with van der Waals surface area (Å²) in [6.45, 7) is 3.80. The third-order valence-electron chi connectivity index (χ3n) is 5.70. The maximum atomic E-state index is 10.0. The molecule has 150 valence electrons. The number of hydrogen-bond donors (Lipinski definition) is 1. The average molecular weight is 382 g/mol. The van der Waals surface area contributed by atoms with E-state index < -0.39 is 0 Å². The number of benzene rings is 2. The number of likely N-dealkylation sites (tertiary alicyclic amines) is 1. The van der Waals surface area contributed by atoms with Gasteiger partial charge in [-0.15, -0.1) is 0 Å². The van der Waals surface area contributed by atoms with Crippen LogP contribution < -0.4 is 9.47 Å². The highest BCUT2D eigenvalue weighted by Gasteiger charge is 2.33. The SMILES string of the molecule is COc1ccccc1/C=C/CN1CCC(CO)(CCOc2ccccc2)CC1. The van der Waals surface area contributed by atoms with Gasteiger partial charge in [-0.3, -0.25) is 4.90 Å². The number of methoxy groups -OCH3 is 1. The highest BCUT2D eigenvalue weighted by Crippen LogP contribution is 2.34. The average Bonchev–Trinajstić information content (AvgIpc) is 2.76. The minimum Gasteiger partial charge on any atom is -0.496 e. The van der Waals surface area contributed by atoms with E-state index in [9.17, 15) is 5.11 Å². The summed E-state index contributed by atoms with van der Waals surface area (Å²) < 4.78 is 11.2. The maximum absolute atomic E-state index is 10.0. The first kappa shape index (κ1) is 20.4. The summed E-state index contributed by atoms with van der Waals surface area (Å²) in [6, 6.07) is 17.9. The first-order valence-corrected chi connectivity index (χ1v) is 10.1. The molecule has 28 heavy (non-hydrogen) atoms. The molecule has 0 aliphatic carbocycles. The van der Waals surface area contributed by atoms with Gasteiger partial charge in [0.15, 0.2) is 0 Å². The fourth-order valence-corrected chi connectivity index (χ4v) is 3.73. The van der Waals surface area contributed by atoms with Crippen molar-refractivity contribution < 1.29 is 14.6 Å². The molecule has 3 rings (SSSR count). The van der Waals surface area contributed by atoms with E-state index in [1.807, 2.05) is 48.5 Å². The Morgan fingerprint density at radius 2 is 1.75 bits per heavy atom. The summed E-state index contributed by atoms with van der Waals surface area (Å²) >= 11 is 0. The van der Waals surface area contributed by atoms with Crippen LogP contribution in [0.3, 0.4) is 0 Å². The molecule has 1 saturated heterocycles. The van der Waals surface area contributed by atoms with Gasteiger partial charge in [-0.25, -0.2) is 0 Å². The third kappa shape index (κ3) is 5.60. The number of rotatable bonds is 9. The number of nitrogens with zero attached hydrogens (tertiary/aromatic N) is 1. The van der Waals surface area contributed by atoms with Crippen LogP contribution in [0, 0.1) is 5.41 Å². The molecule has 1 N–H and O–H groups in total. The highest BCUT2D eigenvalue weighted by atomic mass is 16.5. The molecule has 1 fully saturated rings. The van der Waals surface area contributed by atoms with Crippen LogP contribution in [-0.4, -0.2) is 50.0 Å². The Balaban J connectivity index is 1.45. The molecule has 2 aromatic carbocycles. The van der Waals surface area contributed by atoms with E-state index in [1.165, 1.54) is 0 Å². The molecule has 2 aromatic rings. The fraction of sp³-hybridized carbons (Fsp3) is 0.417. The number of aliphatic hydroxyl groups is 1.